The van der Waals surface area contributed by atoms with Crippen molar-refractivity contribution >= 4 is 6.08 Å². The molecule has 1 aromatic rings. The molecule has 0 bridgehead atoms. The van der Waals surface area contributed by atoms with Crippen LogP contribution in [0.15, 0.2) is 18.7 Å². The quantitative estimate of drug-likeness (QED) is 0.732. The monoisotopic (exact) mass is 245 g/mol. The first-order valence-corrected chi connectivity index (χ1v) is 6.82. The fourth-order valence-electron chi connectivity index (χ4n) is 2.19. The summed E-state index contributed by atoms with van der Waals surface area (Å²) in [7, 11) is 2.17. The van der Waals surface area contributed by atoms with Gasteiger partial charge >= 0.3 is 0 Å². The van der Waals surface area contributed by atoms with Crippen molar-refractivity contribution in [3.8, 4) is 0 Å². The molecule has 0 N–H and O–H groups in total. The molecule has 100 valence electrons. The van der Waals surface area contributed by atoms with Crippen LogP contribution in [0, 0.1) is 6.92 Å². The molecule has 0 unspecified atom stereocenters. The molecule has 0 fully saturated rings. The summed E-state index contributed by atoms with van der Waals surface area (Å²) in [6, 6.07) is 5.19. The fraction of sp³-hybridized carbons (Fsp3) is 0.529. The van der Waals surface area contributed by atoms with Crippen molar-refractivity contribution in [1.82, 2.24) is 4.90 Å². The van der Waals surface area contributed by atoms with Crippen molar-refractivity contribution in [2.45, 2.75) is 53.1 Å². The van der Waals surface area contributed by atoms with E-state index in [0.29, 0.717) is 12.0 Å². The van der Waals surface area contributed by atoms with Gasteiger partial charge in [0.1, 0.15) is 0 Å². The number of aryl methyl sites for hydroxylation is 1. The Morgan fingerprint density at radius 1 is 1.22 bits per heavy atom. The fourth-order valence-corrected chi connectivity index (χ4v) is 2.19. The molecule has 0 spiro atoms. The maximum absolute atomic E-state index is 3.94. The van der Waals surface area contributed by atoms with Crippen LogP contribution in [0.5, 0.6) is 0 Å². The van der Waals surface area contributed by atoms with E-state index in [0.717, 1.165) is 6.54 Å². The summed E-state index contributed by atoms with van der Waals surface area (Å²) in [4.78, 5) is 2.36. The molecular formula is C17H27N. The summed E-state index contributed by atoms with van der Waals surface area (Å²) in [5.41, 5.74) is 5.48. The third kappa shape index (κ3) is 3.46. The van der Waals surface area contributed by atoms with Gasteiger partial charge in [-0.1, -0.05) is 38.6 Å². The highest BCUT2D eigenvalue weighted by molar-refractivity contribution is 5.55. The molecule has 0 radical (unpaired) electrons. The van der Waals surface area contributed by atoms with Crippen molar-refractivity contribution in [3.05, 3.63) is 41.0 Å². The van der Waals surface area contributed by atoms with Gasteiger partial charge in [-0.3, -0.25) is 4.90 Å². The second kappa shape index (κ2) is 6.19. The van der Waals surface area contributed by atoms with E-state index in [1.807, 2.05) is 6.08 Å². The van der Waals surface area contributed by atoms with Gasteiger partial charge in [-0.2, -0.15) is 0 Å². The molecule has 0 amide bonds. The molecule has 0 saturated carbocycles. The second-order valence-electron chi connectivity index (χ2n) is 5.78. The summed E-state index contributed by atoms with van der Waals surface area (Å²) >= 11 is 0. The van der Waals surface area contributed by atoms with E-state index in [4.69, 9.17) is 0 Å². The molecule has 0 aliphatic rings. The highest BCUT2D eigenvalue weighted by Gasteiger charge is 2.11. The summed E-state index contributed by atoms with van der Waals surface area (Å²) in [6.07, 6.45) is 1.97. The average molecular weight is 245 g/mol. The van der Waals surface area contributed by atoms with Crippen molar-refractivity contribution in [2.24, 2.45) is 0 Å². The third-order valence-corrected chi connectivity index (χ3v) is 3.67. The lowest BCUT2D eigenvalue weighted by Crippen LogP contribution is -2.26. The standard InChI is InChI=1S/C17H27N/c1-8-15-9-14(6)17(12(2)3)10-16(15)11-18(7)13(4)5/h8-10,12-13H,1,11H2,2-7H3. The maximum atomic E-state index is 3.94. The van der Waals surface area contributed by atoms with Crippen LogP contribution >= 0.6 is 0 Å². The van der Waals surface area contributed by atoms with Gasteiger partial charge in [0.15, 0.2) is 0 Å². The summed E-state index contributed by atoms with van der Waals surface area (Å²) in [6.45, 7) is 16.1. The Morgan fingerprint density at radius 2 is 1.83 bits per heavy atom. The van der Waals surface area contributed by atoms with Gasteiger partial charge in [0.05, 0.1) is 0 Å². The van der Waals surface area contributed by atoms with E-state index < -0.39 is 0 Å². The zero-order chi connectivity index (χ0) is 13.9. The molecule has 1 heteroatoms. The van der Waals surface area contributed by atoms with Crippen LogP contribution in [0.25, 0.3) is 6.08 Å². The molecule has 1 aromatic carbocycles. The van der Waals surface area contributed by atoms with E-state index in [1.165, 1.54) is 22.3 Å². The predicted molar refractivity (Wildman–Crippen MR) is 82.0 cm³/mol. The normalized spacial score (nSPS) is 11.6. The third-order valence-electron chi connectivity index (χ3n) is 3.67. The van der Waals surface area contributed by atoms with Crippen LogP contribution < -0.4 is 0 Å². The van der Waals surface area contributed by atoms with Gasteiger partial charge in [0, 0.05) is 12.6 Å². The lowest BCUT2D eigenvalue weighted by molar-refractivity contribution is 0.265. The number of rotatable bonds is 5. The molecule has 1 rings (SSSR count). The first-order valence-electron chi connectivity index (χ1n) is 6.82. The molecule has 0 aliphatic heterocycles. The van der Waals surface area contributed by atoms with Gasteiger partial charge in [0.25, 0.3) is 0 Å². The van der Waals surface area contributed by atoms with E-state index in [2.05, 4.69) is 65.3 Å². The molecule has 1 nitrogen and oxygen atoms in total. The van der Waals surface area contributed by atoms with Crippen LogP contribution in [-0.4, -0.2) is 18.0 Å². The number of hydrogen-bond donors (Lipinski definition) is 0. The lowest BCUT2D eigenvalue weighted by atomic mass is 9.92. The Hall–Kier alpha value is -1.08. The Balaban J connectivity index is 3.15. The SMILES string of the molecule is C=Cc1cc(C)c(C(C)C)cc1CN(C)C(C)C. The zero-order valence-corrected chi connectivity index (χ0v) is 12.7. The first-order chi connectivity index (χ1) is 8.36. The molecule has 0 aromatic heterocycles. The predicted octanol–water partition coefficient (Wildman–Crippen LogP) is 4.60. The Morgan fingerprint density at radius 3 is 2.28 bits per heavy atom. The van der Waals surface area contributed by atoms with Crippen LogP contribution in [0.3, 0.4) is 0 Å². The molecule has 0 aliphatic carbocycles. The van der Waals surface area contributed by atoms with Crippen LogP contribution in [-0.2, 0) is 6.54 Å². The maximum Gasteiger partial charge on any atom is 0.0239 e. The van der Waals surface area contributed by atoms with Crippen LogP contribution in [0.2, 0.25) is 0 Å². The number of benzene rings is 1. The minimum absolute atomic E-state index is 0.562. The first kappa shape index (κ1) is 15.0. The van der Waals surface area contributed by atoms with E-state index >= 15 is 0 Å². The number of hydrogen-bond acceptors (Lipinski definition) is 1. The van der Waals surface area contributed by atoms with Crippen molar-refractivity contribution in [1.29, 1.82) is 0 Å². The number of nitrogens with zero attached hydrogens (tertiary/aromatic N) is 1. The van der Waals surface area contributed by atoms with Gasteiger partial charge in [-0.25, -0.2) is 0 Å². The Bertz CT molecular complexity index is 416. The van der Waals surface area contributed by atoms with Gasteiger partial charge < -0.3 is 0 Å². The highest BCUT2D eigenvalue weighted by atomic mass is 15.1. The lowest BCUT2D eigenvalue weighted by Gasteiger charge is -2.23. The van der Waals surface area contributed by atoms with Gasteiger partial charge in [0.2, 0.25) is 0 Å². The smallest absolute Gasteiger partial charge is 0.0239 e. The Kier molecular flexibility index (Phi) is 5.15. The molecule has 0 saturated heterocycles. The second-order valence-corrected chi connectivity index (χ2v) is 5.78. The largest absolute Gasteiger partial charge is 0.300 e. The molecule has 18 heavy (non-hydrogen) atoms. The summed E-state index contributed by atoms with van der Waals surface area (Å²) in [5, 5.41) is 0. The van der Waals surface area contributed by atoms with Crippen molar-refractivity contribution in [2.75, 3.05) is 7.05 Å². The van der Waals surface area contributed by atoms with E-state index in [-0.39, 0.29) is 0 Å². The minimum Gasteiger partial charge on any atom is -0.300 e. The molecule has 0 heterocycles. The van der Waals surface area contributed by atoms with Crippen molar-refractivity contribution < 1.29 is 0 Å². The molecular weight excluding hydrogens is 218 g/mol. The van der Waals surface area contributed by atoms with Gasteiger partial charge in [-0.15, -0.1) is 0 Å². The van der Waals surface area contributed by atoms with Crippen LogP contribution in [0.1, 0.15) is 55.9 Å². The van der Waals surface area contributed by atoms with Crippen LogP contribution in [0.4, 0.5) is 0 Å². The van der Waals surface area contributed by atoms with Gasteiger partial charge in [-0.05, 0) is 56.0 Å². The van der Waals surface area contributed by atoms with E-state index in [1.54, 1.807) is 0 Å². The zero-order valence-electron chi connectivity index (χ0n) is 12.7. The minimum atomic E-state index is 0.562. The molecule has 0 atom stereocenters. The van der Waals surface area contributed by atoms with Crippen molar-refractivity contribution in [3.63, 3.8) is 0 Å². The summed E-state index contributed by atoms with van der Waals surface area (Å²) in [5.74, 6) is 0.576. The Labute approximate surface area is 113 Å². The highest BCUT2D eigenvalue weighted by Crippen LogP contribution is 2.25. The topological polar surface area (TPSA) is 3.24 Å². The van der Waals surface area contributed by atoms with E-state index in [9.17, 15) is 0 Å². The summed E-state index contributed by atoms with van der Waals surface area (Å²) < 4.78 is 0. The average Bonchev–Trinajstić information content (AvgIpc) is 2.30.